The summed E-state index contributed by atoms with van der Waals surface area (Å²) in [6.45, 7) is 1.14. The molecule has 1 aromatic carbocycles. The van der Waals surface area contributed by atoms with Crippen LogP contribution in [0.15, 0.2) is 41.0 Å². The van der Waals surface area contributed by atoms with Crippen LogP contribution in [0.1, 0.15) is 16.8 Å². The van der Waals surface area contributed by atoms with E-state index in [9.17, 15) is 4.79 Å². The van der Waals surface area contributed by atoms with Gasteiger partial charge in [-0.2, -0.15) is 0 Å². The molecular formula is C18H19BrN2O4. The molecule has 1 aromatic heterocycles. The van der Waals surface area contributed by atoms with Gasteiger partial charge in [0.15, 0.2) is 0 Å². The molecule has 1 unspecified atom stereocenters. The molecule has 0 aliphatic carbocycles. The number of hydrogen-bond acceptors (Lipinski definition) is 5. The van der Waals surface area contributed by atoms with E-state index in [0.717, 1.165) is 10.9 Å². The molecule has 7 heteroatoms. The van der Waals surface area contributed by atoms with E-state index in [1.54, 1.807) is 43.5 Å². The highest BCUT2D eigenvalue weighted by Crippen LogP contribution is 2.28. The van der Waals surface area contributed by atoms with Gasteiger partial charge in [-0.3, -0.25) is 4.79 Å². The van der Waals surface area contributed by atoms with Crippen LogP contribution in [0.2, 0.25) is 0 Å². The van der Waals surface area contributed by atoms with Gasteiger partial charge in [0.05, 0.1) is 30.8 Å². The molecule has 0 N–H and O–H groups in total. The summed E-state index contributed by atoms with van der Waals surface area (Å²) in [6, 6.07) is 8.90. The molecule has 132 valence electrons. The second-order valence-corrected chi connectivity index (χ2v) is 6.49. The number of methoxy groups -OCH3 is 2. The van der Waals surface area contributed by atoms with Crippen molar-refractivity contribution in [2.75, 3.05) is 27.3 Å². The molecule has 1 aliphatic rings. The maximum absolute atomic E-state index is 12.8. The van der Waals surface area contributed by atoms with Crippen LogP contribution in [-0.2, 0) is 0 Å². The highest BCUT2D eigenvalue weighted by molar-refractivity contribution is 9.10. The molecule has 0 bridgehead atoms. The quantitative estimate of drug-likeness (QED) is 0.762. The maximum Gasteiger partial charge on any atom is 0.257 e. The SMILES string of the molecule is COc1ccc(C(=O)N2CCC(Oc3ncccc3Br)C2)c(OC)c1. The van der Waals surface area contributed by atoms with Crippen LogP contribution in [0.5, 0.6) is 17.4 Å². The fraction of sp³-hybridized carbons (Fsp3) is 0.333. The van der Waals surface area contributed by atoms with Gasteiger partial charge in [0, 0.05) is 25.2 Å². The van der Waals surface area contributed by atoms with E-state index in [1.807, 2.05) is 12.1 Å². The highest BCUT2D eigenvalue weighted by atomic mass is 79.9. The average Bonchev–Trinajstić information content (AvgIpc) is 3.11. The van der Waals surface area contributed by atoms with E-state index in [1.165, 1.54) is 0 Å². The Hall–Kier alpha value is -2.28. The largest absolute Gasteiger partial charge is 0.497 e. The molecule has 2 heterocycles. The van der Waals surface area contributed by atoms with Crippen molar-refractivity contribution in [1.29, 1.82) is 0 Å². The summed E-state index contributed by atoms with van der Waals surface area (Å²) in [5, 5.41) is 0. The van der Waals surface area contributed by atoms with E-state index >= 15 is 0 Å². The van der Waals surface area contributed by atoms with Crippen molar-refractivity contribution >= 4 is 21.8 Å². The first-order valence-corrected chi connectivity index (χ1v) is 8.70. The Kier molecular flexibility index (Phi) is 5.43. The van der Waals surface area contributed by atoms with Gasteiger partial charge in [0.1, 0.15) is 17.6 Å². The molecule has 1 saturated heterocycles. The lowest BCUT2D eigenvalue weighted by molar-refractivity contribution is 0.0767. The van der Waals surface area contributed by atoms with Crippen molar-refractivity contribution in [2.45, 2.75) is 12.5 Å². The molecule has 6 nitrogen and oxygen atoms in total. The van der Waals surface area contributed by atoms with Crippen LogP contribution in [0.3, 0.4) is 0 Å². The van der Waals surface area contributed by atoms with Gasteiger partial charge >= 0.3 is 0 Å². The molecule has 0 radical (unpaired) electrons. The Bertz CT molecular complexity index is 768. The Balaban J connectivity index is 1.69. The third kappa shape index (κ3) is 3.87. The number of amides is 1. The molecule has 25 heavy (non-hydrogen) atoms. The number of carbonyl (C=O) groups excluding carboxylic acids is 1. The van der Waals surface area contributed by atoms with Gasteiger partial charge < -0.3 is 19.1 Å². The van der Waals surface area contributed by atoms with E-state index < -0.39 is 0 Å². The number of halogens is 1. The minimum absolute atomic E-state index is 0.0781. The summed E-state index contributed by atoms with van der Waals surface area (Å²) in [6.07, 6.45) is 2.35. The molecule has 2 aromatic rings. The zero-order valence-electron chi connectivity index (χ0n) is 14.1. The van der Waals surface area contributed by atoms with Gasteiger partial charge in [0.2, 0.25) is 5.88 Å². The number of ether oxygens (including phenoxy) is 3. The van der Waals surface area contributed by atoms with Crippen molar-refractivity contribution in [1.82, 2.24) is 9.88 Å². The molecule has 3 rings (SSSR count). The van der Waals surface area contributed by atoms with E-state index in [4.69, 9.17) is 14.2 Å². The summed E-state index contributed by atoms with van der Waals surface area (Å²) in [4.78, 5) is 18.8. The topological polar surface area (TPSA) is 60.9 Å². The lowest BCUT2D eigenvalue weighted by Gasteiger charge is -2.19. The van der Waals surface area contributed by atoms with Crippen molar-refractivity contribution in [2.24, 2.45) is 0 Å². The third-order valence-electron chi connectivity index (χ3n) is 4.07. The number of benzene rings is 1. The molecule has 1 atom stereocenters. The zero-order chi connectivity index (χ0) is 17.8. The summed E-state index contributed by atoms with van der Waals surface area (Å²) < 4.78 is 17.2. The fourth-order valence-corrected chi connectivity index (χ4v) is 3.12. The number of rotatable bonds is 5. The molecule has 1 fully saturated rings. The van der Waals surface area contributed by atoms with Crippen LogP contribution in [0, 0.1) is 0 Å². The van der Waals surface area contributed by atoms with E-state index in [0.29, 0.717) is 36.0 Å². The first-order chi connectivity index (χ1) is 12.1. The van der Waals surface area contributed by atoms with Crippen LogP contribution in [0.25, 0.3) is 0 Å². The average molecular weight is 407 g/mol. The Morgan fingerprint density at radius 1 is 1.28 bits per heavy atom. The van der Waals surface area contributed by atoms with Crippen LogP contribution < -0.4 is 14.2 Å². The third-order valence-corrected chi connectivity index (χ3v) is 4.68. The summed E-state index contributed by atoms with van der Waals surface area (Å²) in [5.74, 6) is 1.62. The second kappa shape index (κ2) is 7.74. The second-order valence-electron chi connectivity index (χ2n) is 5.64. The lowest BCUT2D eigenvalue weighted by Crippen LogP contribution is -2.31. The summed E-state index contributed by atoms with van der Waals surface area (Å²) >= 11 is 3.42. The molecule has 1 amide bonds. The van der Waals surface area contributed by atoms with Gasteiger partial charge in [-0.05, 0) is 40.2 Å². The predicted molar refractivity (Wildman–Crippen MR) is 96.4 cm³/mol. The maximum atomic E-state index is 12.8. The van der Waals surface area contributed by atoms with E-state index in [-0.39, 0.29) is 12.0 Å². The smallest absolute Gasteiger partial charge is 0.257 e. The number of pyridine rings is 1. The minimum Gasteiger partial charge on any atom is -0.497 e. The number of carbonyl (C=O) groups is 1. The Labute approximate surface area is 154 Å². The van der Waals surface area contributed by atoms with Gasteiger partial charge in [-0.25, -0.2) is 4.98 Å². The minimum atomic E-state index is -0.0839. The number of aromatic nitrogens is 1. The first-order valence-electron chi connectivity index (χ1n) is 7.91. The standard InChI is InChI=1S/C18H19BrN2O4/c1-23-12-5-6-14(16(10-12)24-2)18(22)21-9-7-13(11-21)25-17-15(19)4-3-8-20-17/h3-6,8,10,13H,7,9,11H2,1-2H3. The van der Waals surface area contributed by atoms with Crippen molar-refractivity contribution in [3.8, 4) is 17.4 Å². The molecular weight excluding hydrogens is 388 g/mol. The van der Waals surface area contributed by atoms with Crippen LogP contribution >= 0.6 is 15.9 Å². The van der Waals surface area contributed by atoms with Gasteiger partial charge in [-0.1, -0.05) is 0 Å². The molecule has 1 aliphatic heterocycles. The summed E-state index contributed by atoms with van der Waals surface area (Å²) in [5.41, 5.74) is 0.517. The van der Waals surface area contributed by atoms with Gasteiger partial charge in [-0.15, -0.1) is 0 Å². The fourth-order valence-electron chi connectivity index (χ4n) is 2.77. The van der Waals surface area contributed by atoms with E-state index in [2.05, 4.69) is 20.9 Å². The lowest BCUT2D eigenvalue weighted by atomic mass is 10.1. The van der Waals surface area contributed by atoms with Gasteiger partial charge in [0.25, 0.3) is 5.91 Å². The first kappa shape index (κ1) is 17.5. The number of hydrogen-bond donors (Lipinski definition) is 0. The number of likely N-dealkylation sites (tertiary alicyclic amines) is 1. The molecule has 0 spiro atoms. The Morgan fingerprint density at radius 2 is 2.12 bits per heavy atom. The normalized spacial score (nSPS) is 16.6. The monoisotopic (exact) mass is 406 g/mol. The molecule has 0 saturated carbocycles. The number of nitrogens with zero attached hydrogens (tertiary/aromatic N) is 2. The van der Waals surface area contributed by atoms with Crippen molar-refractivity contribution in [3.63, 3.8) is 0 Å². The Morgan fingerprint density at radius 3 is 2.84 bits per heavy atom. The predicted octanol–water partition coefficient (Wildman–Crippen LogP) is 3.15. The highest BCUT2D eigenvalue weighted by Gasteiger charge is 2.30. The van der Waals surface area contributed by atoms with Crippen LogP contribution in [0.4, 0.5) is 0 Å². The van der Waals surface area contributed by atoms with Crippen LogP contribution in [-0.4, -0.2) is 49.2 Å². The van der Waals surface area contributed by atoms with Crippen molar-refractivity contribution < 1.29 is 19.0 Å². The summed E-state index contributed by atoms with van der Waals surface area (Å²) in [7, 11) is 3.12. The van der Waals surface area contributed by atoms with Crippen molar-refractivity contribution in [3.05, 3.63) is 46.6 Å². The zero-order valence-corrected chi connectivity index (χ0v) is 15.7.